The number of halogens is 2. The molecular weight excluding hydrogens is 1110 g/mol. The number of carbonyl (C=O) groups is 9. The van der Waals surface area contributed by atoms with E-state index in [2.05, 4.69) is 42.2 Å². The SMILES string of the molecule is COc1ccc(NC[C@@H]2NC(=O)[C@H]([C@@H](C)OC)NC(=O)CN(C)C(=O)[C@H](Cc3c[nH]c4ccc(F)cc34)NC(=O)CNC(=O)CN(C)C(=O)[C@H](C)NC(=O)CC[S+]([O-])Cc3cc(F)cc(c3)CSCCNC(=O)C3CCCN3C2=O)cc1. The van der Waals surface area contributed by atoms with Crippen molar-refractivity contribution < 1.29 is 66.0 Å². The number of carbonyl (C=O) groups excluding carboxylic acids is 9. The number of aromatic nitrogens is 1. The predicted octanol–water partition coefficient (Wildman–Crippen LogP) is 0.829. The molecule has 444 valence electrons. The summed E-state index contributed by atoms with van der Waals surface area (Å²) in [6, 6.07) is 8.94. The third-order valence-corrected chi connectivity index (χ3v) is 16.0. The summed E-state index contributed by atoms with van der Waals surface area (Å²) < 4.78 is 53.2. The van der Waals surface area contributed by atoms with Gasteiger partial charge >= 0.3 is 0 Å². The Kier molecular flexibility index (Phi) is 23.7. The Hall–Kier alpha value is -7.49. The number of thioether (sulfide) groups is 1. The Morgan fingerprint density at radius 3 is 2.23 bits per heavy atom. The van der Waals surface area contributed by atoms with Crippen LogP contribution in [0.2, 0.25) is 0 Å². The van der Waals surface area contributed by atoms with E-state index in [1.807, 2.05) is 0 Å². The lowest BCUT2D eigenvalue weighted by molar-refractivity contribution is -0.142. The second kappa shape index (κ2) is 30.5. The lowest BCUT2D eigenvalue weighted by Crippen LogP contribution is -2.61. The average molecular weight is 1180 g/mol. The maximum absolute atomic E-state index is 14.8. The summed E-state index contributed by atoms with van der Waals surface area (Å²) in [5, 5.41) is 19.3. The van der Waals surface area contributed by atoms with Crippen LogP contribution in [-0.2, 0) is 77.0 Å². The Bertz CT molecular complexity index is 2940. The zero-order chi connectivity index (χ0) is 59.6. The molecule has 23 nitrogen and oxygen atoms in total. The second-order valence-corrected chi connectivity index (χ2v) is 22.7. The highest BCUT2D eigenvalue weighted by atomic mass is 32.2. The van der Waals surface area contributed by atoms with Crippen LogP contribution in [0.1, 0.15) is 49.8 Å². The minimum Gasteiger partial charge on any atom is -0.616 e. The number of amides is 9. The summed E-state index contributed by atoms with van der Waals surface area (Å²) in [4.78, 5) is 130. The molecule has 3 aromatic carbocycles. The molecule has 3 heterocycles. The fourth-order valence-corrected chi connectivity index (χ4v) is 11.2. The van der Waals surface area contributed by atoms with E-state index in [-0.39, 0.29) is 44.0 Å². The van der Waals surface area contributed by atoms with E-state index < -0.39 is 132 Å². The predicted molar refractivity (Wildman–Crippen MR) is 303 cm³/mol. The fraction of sp³-hybridized carbons (Fsp3) is 0.473. The van der Waals surface area contributed by atoms with Gasteiger partial charge in [0, 0.05) is 87.1 Å². The van der Waals surface area contributed by atoms with Crippen molar-refractivity contribution in [3.63, 3.8) is 0 Å². The van der Waals surface area contributed by atoms with Crippen LogP contribution < -0.4 is 42.0 Å². The highest BCUT2D eigenvalue weighted by Crippen LogP contribution is 2.24. The van der Waals surface area contributed by atoms with Gasteiger partial charge in [-0.3, -0.25) is 43.2 Å². The molecule has 0 radical (unpaired) electrons. The number of benzene rings is 3. The lowest BCUT2D eigenvalue weighted by atomic mass is 10.0. The second-order valence-electron chi connectivity index (χ2n) is 20.0. The number of nitrogens with zero attached hydrogens (tertiary/aromatic N) is 3. The highest BCUT2D eigenvalue weighted by molar-refractivity contribution is 7.98. The van der Waals surface area contributed by atoms with Crippen LogP contribution >= 0.6 is 11.8 Å². The first-order valence-corrected chi connectivity index (χ1v) is 29.2. The maximum Gasteiger partial charge on any atom is 0.247 e. The molecule has 8 N–H and O–H groups in total. The van der Waals surface area contributed by atoms with Gasteiger partial charge in [-0.05, 0) is 104 Å². The van der Waals surface area contributed by atoms with Gasteiger partial charge in [-0.25, -0.2) is 8.78 Å². The van der Waals surface area contributed by atoms with E-state index >= 15 is 0 Å². The van der Waals surface area contributed by atoms with Gasteiger partial charge in [-0.2, -0.15) is 11.8 Å². The molecule has 9 amide bonds. The Labute approximate surface area is 481 Å². The van der Waals surface area contributed by atoms with Gasteiger partial charge in [0.25, 0.3) is 0 Å². The van der Waals surface area contributed by atoms with E-state index in [1.54, 1.807) is 30.3 Å². The highest BCUT2D eigenvalue weighted by Gasteiger charge is 2.39. The molecule has 1 saturated heterocycles. The van der Waals surface area contributed by atoms with Crippen LogP contribution in [0.4, 0.5) is 14.5 Å². The van der Waals surface area contributed by atoms with Crippen LogP contribution in [-0.4, -0.2) is 193 Å². The van der Waals surface area contributed by atoms with Crippen LogP contribution in [0, 0.1) is 11.6 Å². The number of aromatic amines is 1. The molecule has 2 unspecified atom stereocenters. The standard InChI is InChI=1S/C55H71F2N11O12S2/c1-32-53(75)66(3)28-48(71)61-27-47(70)63-43(23-36-25-60-42-14-9-37(56)24-41(36)42)54(76)67(4)29-49(72)65-50(33(2)79-5)52(74)64-44(26-59-39-10-12-40(80-6)13-11-39)55(77)68-17-7-8-45(68)51(73)58-16-18-81-30-34-20-35(22-38(57)21-34)31-82(78)19-15-46(69)62-32/h9-14,20-22,24-25,32-33,43-45,50,59-60H,7-8,15-19,23,26-31H2,1-6H3,(H,58,73)(H,61,71)(H,62,69)(H,63,70)(H,64,74)(H,65,72)/t32-,33+,43-,44-,45?,50-,82?/m0/s1. The van der Waals surface area contributed by atoms with Gasteiger partial charge < -0.3 is 70.9 Å². The first-order valence-electron chi connectivity index (χ1n) is 26.5. The largest absolute Gasteiger partial charge is 0.616 e. The summed E-state index contributed by atoms with van der Waals surface area (Å²) in [6.45, 7) is 1.25. The fourth-order valence-electron chi connectivity index (χ4n) is 9.33. The molecule has 27 heteroatoms. The number of ether oxygens (including phenoxy) is 2. The number of hydrogen-bond donors (Lipinski definition) is 8. The number of nitrogens with one attached hydrogen (secondary N) is 8. The molecule has 7 atom stereocenters. The summed E-state index contributed by atoms with van der Waals surface area (Å²) in [6.07, 6.45) is 0.896. The third kappa shape index (κ3) is 18.5. The average Bonchev–Trinajstić information content (AvgIpc) is 4.29. The van der Waals surface area contributed by atoms with Crippen LogP contribution in [0.25, 0.3) is 10.9 Å². The Morgan fingerprint density at radius 2 is 1.50 bits per heavy atom. The van der Waals surface area contributed by atoms with Crippen LogP contribution in [0.15, 0.2) is 66.9 Å². The minimum atomic E-state index is -1.60. The number of hydrogen-bond acceptors (Lipinski definition) is 14. The normalized spacial score (nSPS) is 23.1. The zero-order valence-electron chi connectivity index (χ0n) is 46.5. The van der Waals surface area contributed by atoms with Crippen molar-refractivity contribution in [2.24, 2.45) is 0 Å². The van der Waals surface area contributed by atoms with Gasteiger partial charge in [0.1, 0.15) is 59.1 Å². The number of rotatable bonds is 8. The maximum atomic E-state index is 14.8. The summed E-state index contributed by atoms with van der Waals surface area (Å²) in [5.74, 6) is -6.29. The van der Waals surface area contributed by atoms with Crippen molar-refractivity contribution in [1.82, 2.24) is 51.6 Å². The number of H-pyrrole nitrogens is 1. The molecule has 0 spiro atoms. The van der Waals surface area contributed by atoms with Crippen molar-refractivity contribution >= 4 is 92.7 Å². The van der Waals surface area contributed by atoms with Crippen molar-refractivity contribution in [3.8, 4) is 5.75 Å². The summed E-state index contributed by atoms with van der Waals surface area (Å²) in [7, 11) is 5.41. The monoisotopic (exact) mass is 1180 g/mol. The molecule has 2 bridgehead atoms. The van der Waals surface area contributed by atoms with Gasteiger partial charge in [0.2, 0.25) is 53.2 Å². The molecule has 82 heavy (non-hydrogen) atoms. The lowest BCUT2D eigenvalue weighted by Gasteiger charge is -2.31. The Morgan fingerprint density at radius 1 is 0.780 bits per heavy atom. The molecule has 4 aromatic rings. The minimum absolute atomic E-state index is 0.0510. The van der Waals surface area contributed by atoms with E-state index in [0.29, 0.717) is 63.4 Å². The molecule has 6 rings (SSSR count). The van der Waals surface area contributed by atoms with Crippen LogP contribution in [0.3, 0.4) is 0 Å². The number of likely N-dealkylation sites (N-methyl/N-ethyl adjacent to an activating group) is 2. The van der Waals surface area contributed by atoms with E-state index in [1.165, 1.54) is 95.4 Å². The van der Waals surface area contributed by atoms with Crippen molar-refractivity contribution in [2.75, 3.05) is 84.4 Å². The summed E-state index contributed by atoms with van der Waals surface area (Å²) >= 11 is -0.193. The third-order valence-electron chi connectivity index (χ3n) is 13.7. The first-order chi connectivity index (χ1) is 39.1. The Balaban J connectivity index is 1.23. The first kappa shape index (κ1) is 63.7. The van der Waals surface area contributed by atoms with Crippen molar-refractivity contribution in [2.45, 2.75) is 87.3 Å². The van der Waals surface area contributed by atoms with Crippen molar-refractivity contribution in [3.05, 3.63) is 95.2 Å². The number of anilines is 1. The molecule has 0 aliphatic carbocycles. The number of fused-ring (bicyclic) bond motifs is 4. The molecular formula is C55H71F2N11O12S2. The van der Waals surface area contributed by atoms with Crippen LogP contribution in [0.5, 0.6) is 5.75 Å². The molecule has 1 aromatic heterocycles. The molecule has 2 aliphatic rings. The van der Waals surface area contributed by atoms with Gasteiger partial charge in [-0.15, -0.1) is 0 Å². The molecule has 2 aliphatic heterocycles. The van der Waals surface area contributed by atoms with Gasteiger partial charge in [0.15, 0.2) is 0 Å². The van der Waals surface area contributed by atoms with Gasteiger partial charge in [0.05, 0.1) is 39.3 Å². The van der Waals surface area contributed by atoms with E-state index in [4.69, 9.17) is 9.47 Å². The zero-order valence-corrected chi connectivity index (χ0v) is 48.2. The van der Waals surface area contributed by atoms with E-state index in [9.17, 15) is 56.5 Å². The molecule has 0 saturated carbocycles. The summed E-state index contributed by atoms with van der Waals surface area (Å²) in [5.41, 5.74) is 2.57. The van der Waals surface area contributed by atoms with E-state index in [0.717, 1.165) is 9.80 Å². The smallest absolute Gasteiger partial charge is 0.247 e. The molecule has 1 fully saturated rings. The topological polar surface area (TPSA) is 305 Å². The van der Waals surface area contributed by atoms with Crippen molar-refractivity contribution in [1.29, 1.82) is 0 Å². The number of methoxy groups -OCH3 is 2. The quantitative estimate of drug-likeness (QED) is 0.114. The van der Waals surface area contributed by atoms with Gasteiger partial charge in [-0.1, -0.05) is 6.07 Å².